The lowest BCUT2D eigenvalue weighted by atomic mass is 9.97. The summed E-state index contributed by atoms with van der Waals surface area (Å²) in [5.41, 5.74) is 1.21. The predicted octanol–water partition coefficient (Wildman–Crippen LogP) is 2.31. The lowest BCUT2D eigenvalue weighted by molar-refractivity contribution is -0.143. The monoisotopic (exact) mass is 393 g/mol. The summed E-state index contributed by atoms with van der Waals surface area (Å²) < 4.78 is 0. The van der Waals surface area contributed by atoms with Gasteiger partial charge in [0, 0.05) is 31.1 Å². The Balaban J connectivity index is 1.58. The van der Waals surface area contributed by atoms with Gasteiger partial charge in [-0.2, -0.15) is 0 Å². The van der Waals surface area contributed by atoms with Gasteiger partial charge in [0.25, 0.3) is 0 Å². The number of fused-ring (bicyclic) bond motifs is 1. The Kier molecular flexibility index (Phi) is 6.36. The van der Waals surface area contributed by atoms with Crippen LogP contribution < -0.4 is 5.32 Å². The van der Waals surface area contributed by atoms with Gasteiger partial charge in [0.1, 0.15) is 6.04 Å². The standard InChI is InChI=1S/C19H27N3O4S/c1-2-3-15(17(23)22-10-6-16-14(12-22)7-11-27-16)20-19(26)21-8-4-13(5-9-21)18(24)25/h7,11,13,15H,2-6,8-10,12H2,1H3,(H,20,26)(H,24,25). The molecule has 3 amide bonds. The molecule has 1 aromatic heterocycles. The van der Waals surface area contributed by atoms with E-state index in [9.17, 15) is 14.4 Å². The van der Waals surface area contributed by atoms with E-state index < -0.39 is 12.0 Å². The minimum absolute atomic E-state index is 0.0255. The molecule has 148 valence electrons. The van der Waals surface area contributed by atoms with Gasteiger partial charge in [0.05, 0.1) is 5.92 Å². The number of nitrogens with zero attached hydrogens (tertiary/aromatic N) is 2. The maximum Gasteiger partial charge on any atom is 0.318 e. The van der Waals surface area contributed by atoms with Crippen LogP contribution in [0.2, 0.25) is 0 Å². The first-order chi connectivity index (χ1) is 13.0. The fourth-order valence-electron chi connectivity index (χ4n) is 3.77. The molecule has 2 aliphatic rings. The number of urea groups is 1. The number of hydrogen-bond donors (Lipinski definition) is 2. The Morgan fingerprint density at radius 2 is 2.00 bits per heavy atom. The van der Waals surface area contributed by atoms with Gasteiger partial charge in [0.2, 0.25) is 5.91 Å². The van der Waals surface area contributed by atoms with Crippen LogP contribution in [0.3, 0.4) is 0 Å². The number of nitrogens with one attached hydrogen (secondary N) is 1. The van der Waals surface area contributed by atoms with E-state index in [4.69, 9.17) is 5.11 Å². The number of carbonyl (C=O) groups is 3. The van der Waals surface area contributed by atoms with E-state index in [1.165, 1.54) is 10.4 Å². The minimum Gasteiger partial charge on any atom is -0.481 e. The topological polar surface area (TPSA) is 90.0 Å². The van der Waals surface area contributed by atoms with Crippen LogP contribution >= 0.6 is 11.3 Å². The molecule has 2 aliphatic heterocycles. The van der Waals surface area contributed by atoms with Crippen molar-refractivity contribution in [1.29, 1.82) is 0 Å². The molecular weight excluding hydrogens is 366 g/mol. The molecule has 0 saturated carbocycles. The third-order valence-corrected chi connectivity index (χ3v) is 6.45. The van der Waals surface area contributed by atoms with E-state index in [1.54, 1.807) is 16.2 Å². The van der Waals surface area contributed by atoms with Crippen LogP contribution in [0.15, 0.2) is 11.4 Å². The maximum atomic E-state index is 13.0. The number of amides is 3. The molecule has 1 aromatic rings. The number of carbonyl (C=O) groups excluding carboxylic acids is 2. The Bertz CT molecular complexity index is 697. The molecule has 0 radical (unpaired) electrons. The zero-order chi connectivity index (χ0) is 19.4. The zero-order valence-corrected chi connectivity index (χ0v) is 16.5. The number of hydrogen-bond acceptors (Lipinski definition) is 4. The number of likely N-dealkylation sites (tertiary alicyclic amines) is 1. The van der Waals surface area contributed by atoms with Crippen molar-refractivity contribution in [3.63, 3.8) is 0 Å². The highest BCUT2D eigenvalue weighted by molar-refractivity contribution is 7.10. The van der Waals surface area contributed by atoms with Crippen molar-refractivity contribution in [2.45, 2.75) is 51.6 Å². The van der Waals surface area contributed by atoms with Crippen LogP contribution in [0.4, 0.5) is 4.79 Å². The van der Waals surface area contributed by atoms with Gasteiger partial charge >= 0.3 is 12.0 Å². The fraction of sp³-hybridized carbons (Fsp3) is 0.632. The zero-order valence-electron chi connectivity index (χ0n) is 15.6. The Morgan fingerprint density at radius 3 is 2.67 bits per heavy atom. The summed E-state index contributed by atoms with van der Waals surface area (Å²) in [4.78, 5) is 41.5. The highest BCUT2D eigenvalue weighted by atomic mass is 32.1. The smallest absolute Gasteiger partial charge is 0.318 e. The average Bonchev–Trinajstić information content (AvgIpc) is 3.14. The van der Waals surface area contributed by atoms with Crippen LogP contribution in [-0.2, 0) is 22.6 Å². The molecule has 0 aliphatic carbocycles. The molecule has 8 heteroatoms. The largest absolute Gasteiger partial charge is 0.481 e. The second-order valence-corrected chi connectivity index (χ2v) is 8.27. The third kappa shape index (κ3) is 4.61. The first kappa shape index (κ1) is 19.7. The van der Waals surface area contributed by atoms with E-state index >= 15 is 0 Å². The average molecular weight is 394 g/mol. The van der Waals surface area contributed by atoms with Crippen molar-refractivity contribution >= 4 is 29.2 Å². The molecule has 2 N–H and O–H groups in total. The van der Waals surface area contributed by atoms with Crippen LogP contribution in [0, 0.1) is 5.92 Å². The second-order valence-electron chi connectivity index (χ2n) is 7.27. The summed E-state index contributed by atoms with van der Waals surface area (Å²) in [6.07, 6.45) is 3.19. The Hall–Kier alpha value is -2.09. The van der Waals surface area contributed by atoms with Crippen molar-refractivity contribution in [1.82, 2.24) is 15.1 Å². The van der Waals surface area contributed by atoms with Gasteiger partial charge < -0.3 is 20.2 Å². The van der Waals surface area contributed by atoms with Crippen molar-refractivity contribution in [2.75, 3.05) is 19.6 Å². The van der Waals surface area contributed by atoms with Gasteiger partial charge in [-0.15, -0.1) is 11.3 Å². The van der Waals surface area contributed by atoms with Gasteiger partial charge in [-0.3, -0.25) is 9.59 Å². The molecule has 0 bridgehead atoms. The Morgan fingerprint density at radius 1 is 1.26 bits per heavy atom. The number of rotatable bonds is 5. The van der Waals surface area contributed by atoms with E-state index in [1.807, 2.05) is 11.8 Å². The first-order valence-electron chi connectivity index (χ1n) is 9.61. The van der Waals surface area contributed by atoms with Gasteiger partial charge in [-0.05, 0) is 42.7 Å². The number of carboxylic acid groups (broad SMARTS) is 1. The summed E-state index contributed by atoms with van der Waals surface area (Å²) in [5.74, 6) is -1.20. The highest BCUT2D eigenvalue weighted by Gasteiger charge is 2.31. The van der Waals surface area contributed by atoms with Gasteiger partial charge in [0.15, 0.2) is 0 Å². The minimum atomic E-state index is -0.799. The highest BCUT2D eigenvalue weighted by Crippen LogP contribution is 2.25. The molecule has 1 unspecified atom stereocenters. The SMILES string of the molecule is CCCC(NC(=O)N1CCC(C(=O)O)CC1)C(=O)N1CCc2sccc2C1. The van der Waals surface area contributed by atoms with E-state index in [0.29, 0.717) is 45.4 Å². The molecule has 1 saturated heterocycles. The third-order valence-electron chi connectivity index (χ3n) is 5.42. The molecule has 1 atom stereocenters. The number of aliphatic carboxylic acids is 1. The fourth-order valence-corrected chi connectivity index (χ4v) is 4.66. The van der Waals surface area contributed by atoms with Crippen molar-refractivity contribution in [2.24, 2.45) is 5.92 Å². The molecule has 0 aromatic carbocycles. The first-order valence-corrected chi connectivity index (χ1v) is 10.5. The van der Waals surface area contributed by atoms with Gasteiger partial charge in [-0.1, -0.05) is 13.3 Å². The van der Waals surface area contributed by atoms with Crippen LogP contribution in [-0.4, -0.2) is 58.5 Å². The lowest BCUT2D eigenvalue weighted by Crippen LogP contribution is -2.54. The summed E-state index contributed by atoms with van der Waals surface area (Å²) >= 11 is 1.73. The molecule has 7 nitrogen and oxygen atoms in total. The molecular formula is C19H27N3O4S. The normalized spacial score (nSPS) is 18.7. The number of piperidine rings is 1. The number of thiophene rings is 1. The lowest BCUT2D eigenvalue weighted by Gasteiger charge is -2.34. The van der Waals surface area contributed by atoms with E-state index in [-0.39, 0.29) is 17.9 Å². The Labute approximate surface area is 163 Å². The van der Waals surface area contributed by atoms with Crippen molar-refractivity contribution < 1.29 is 19.5 Å². The van der Waals surface area contributed by atoms with Gasteiger partial charge in [-0.25, -0.2) is 4.79 Å². The second kappa shape index (κ2) is 8.73. The van der Waals surface area contributed by atoms with Crippen molar-refractivity contribution in [3.05, 3.63) is 21.9 Å². The van der Waals surface area contributed by atoms with E-state index in [0.717, 1.165) is 12.8 Å². The summed E-state index contributed by atoms with van der Waals surface area (Å²) in [6.45, 7) is 4.12. The number of carboxylic acids is 1. The molecule has 27 heavy (non-hydrogen) atoms. The molecule has 1 fully saturated rings. The maximum absolute atomic E-state index is 13.0. The summed E-state index contributed by atoms with van der Waals surface area (Å²) in [6, 6.07) is 1.28. The van der Waals surface area contributed by atoms with Crippen LogP contribution in [0.25, 0.3) is 0 Å². The van der Waals surface area contributed by atoms with Crippen molar-refractivity contribution in [3.8, 4) is 0 Å². The quantitative estimate of drug-likeness (QED) is 0.803. The van der Waals surface area contributed by atoms with E-state index in [2.05, 4.69) is 16.8 Å². The van der Waals surface area contributed by atoms with Crippen LogP contribution in [0.5, 0.6) is 0 Å². The molecule has 0 spiro atoms. The van der Waals surface area contributed by atoms with Crippen LogP contribution in [0.1, 0.15) is 43.0 Å². The molecule has 3 heterocycles. The molecule has 3 rings (SSSR count). The predicted molar refractivity (Wildman–Crippen MR) is 103 cm³/mol. The summed E-state index contributed by atoms with van der Waals surface area (Å²) in [7, 11) is 0. The summed E-state index contributed by atoms with van der Waals surface area (Å²) in [5, 5.41) is 14.0.